The van der Waals surface area contributed by atoms with Crippen LogP contribution in [0.3, 0.4) is 0 Å². The van der Waals surface area contributed by atoms with Gasteiger partial charge in [0.25, 0.3) is 0 Å². The summed E-state index contributed by atoms with van der Waals surface area (Å²) in [7, 11) is 0. The topological polar surface area (TPSA) is 54.9 Å². The fraction of sp³-hybridized carbons (Fsp3) is 0.118. The first-order valence-corrected chi connectivity index (χ1v) is 7.29. The molecule has 4 nitrogen and oxygen atoms in total. The lowest BCUT2D eigenvalue weighted by Crippen LogP contribution is -2.24. The average Bonchev–Trinajstić information content (AvgIpc) is 2.55. The summed E-state index contributed by atoms with van der Waals surface area (Å²) in [6.07, 6.45) is 3.66. The maximum Gasteiger partial charge on any atom is 0.224 e. The number of aromatic nitrogens is 2. The zero-order valence-electron chi connectivity index (χ0n) is 11.8. The third-order valence-corrected chi connectivity index (χ3v) is 3.55. The van der Waals surface area contributed by atoms with Gasteiger partial charge in [0.1, 0.15) is 0 Å². The zero-order chi connectivity index (χ0) is 15.4. The van der Waals surface area contributed by atoms with Crippen LogP contribution in [-0.4, -0.2) is 15.9 Å². The molecule has 0 unspecified atom stereocenters. The van der Waals surface area contributed by atoms with E-state index >= 15 is 0 Å². The van der Waals surface area contributed by atoms with Crippen LogP contribution in [0.25, 0.3) is 11.0 Å². The molecule has 3 aromatic rings. The van der Waals surface area contributed by atoms with Crippen molar-refractivity contribution < 1.29 is 4.79 Å². The first-order valence-electron chi connectivity index (χ1n) is 6.91. The number of nitrogens with one attached hydrogen (secondary N) is 1. The molecule has 3 rings (SSSR count). The smallest absolute Gasteiger partial charge is 0.224 e. The fourth-order valence-electron chi connectivity index (χ4n) is 2.17. The molecule has 0 fully saturated rings. The minimum Gasteiger partial charge on any atom is -0.352 e. The fourth-order valence-corrected chi connectivity index (χ4v) is 2.30. The molecule has 0 aliphatic carbocycles. The number of hydrogen-bond donors (Lipinski definition) is 1. The van der Waals surface area contributed by atoms with Crippen LogP contribution in [0.5, 0.6) is 0 Å². The number of halogens is 1. The molecule has 0 saturated carbocycles. The molecular weight excluding hydrogens is 298 g/mol. The van der Waals surface area contributed by atoms with Gasteiger partial charge >= 0.3 is 0 Å². The van der Waals surface area contributed by atoms with Crippen LogP contribution in [0.1, 0.15) is 11.1 Å². The minimum absolute atomic E-state index is 0.0263. The van der Waals surface area contributed by atoms with Gasteiger partial charge in [0.2, 0.25) is 5.91 Å². The minimum atomic E-state index is -0.0263. The van der Waals surface area contributed by atoms with E-state index in [1.54, 1.807) is 24.5 Å². The number of nitrogens with zero attached hydrogens (tertiary/aromatic N) is 2. The Morgan fingerprint density at radius 3 is 2.41 bits per heavy atom. The predicted molar refractivity (Wildman–Crippen MR) is 86.5 cm³/mol. The van der Waals surface area contributed by atoms with E-state index in [1.165, 1.54) is 0 Å². The van der Waals surface area contributed by atoms with E-state index in [4.69, 9.17) is 11.6 Å². The van der Waals surface area contributed by atoms with E-state index in [9.17, 15) is 4.79 Å². The van der Waals surface area contributed by atoms with Gasteiger partial charge in [0.05, 0.1) is 17.5 Å². The Bertz CT molecular complexity index is 802. The third-order valence-electron chi connectivity index (χ3n) is 3.30. The van der Waals surface area contributed by atoms with E-state index < -0.39 is 0 Å². The van der Waals surface area contributed by atoms with Crippen molar-refractivity contribution in [2.24, 2.45) is 0 Å². The Balaban J connectivity index is 1.60. The van der Waals surface area contributed by atoms with E-state index in [0.29, 0.717) is 18.0 Å². The van der Waals surface area contributed by atoms with Gasteiger partial charge in [-0.3, -0.25) is 14.8 Å². The average molecular weight is 312 g/mol. The second-order valence-corrected chi connectivity index (χ2v) is 5.40. The molecule has 1 amide bonds. The Hall–Kier alpha value is -2.46. The van der Waals surface area contributed by atoms with Crippen LogP contribution in [-0.2, 0) is 17.8 Å². The molecule has 5 heteroatoms. The van der Waals surface area contributed by atoms with Gasteiger partial charge in [0.15, 0.2) is 0 Å². The quantitative estimate of drug-likeness (QED) is 0.805. The third kappa shape index (κ3) is 3.59. The molecule has 0 bridgehead atoms. The molecule has 2 aromatic carbocycles. The summed E-state index contributed by atoms with van der Waals surface area (Å²) >= 11 is 5.83. The molecule has 0 aliphatic rings. The number of rotatable bonds is 4. The lowest BCUT2D eigenvalue weighted by Gasteiger charge is -2.06. The standard InChI is InChI=1S/C17H14ClN3O/c18-14-4-1-12(2-5-14)10-17(22)21-11-13-3-6-15-16(9-13)20-8-7-19-15/h1-9H,10-11H2,(H,21,22). The zero-order valence-corrected chi connectivity index (χ0v) is 12.5. The van der Waals surface area contributed by atoms with Crippen LogP contribution < -0.4 is 5.32 Å². The number of amides is 1. The molecule has 0 saturated heterocycles. The molecule has 1 heterocycles. The molecule has 1 aromatic heterocycles. The predicted octanol–water partition coefficient (Wildman–Crippen LogP) is 3.14. The van der Waals surface area contributed by atoms with Gasteiger partial charge in [-0.25, -0.2) is 0 Å². The summed E-state index contributed by atoms with van der Waals surface area (Å²) in [5.74, 6) is -0.0263. The van der Waals surface area contributed by atoms with Crippen molar-refractivity contribution in [3.8, 4) is 0 Å². The lowest BCUT2D eigenvalue weighted by molar-refractivity contribution is -0.120. The molecule has 0 atom stereocenters. The SMILES string of the molecule is O=C(Cc1ccc(Cl)cc1)NCc1ccc2nccnc2c1. The summed E-state index contributed by atoms with van der Waals surface area (Å²) in [4.78, 5) is 20.4. The Morgan fingerprint density at radius 1 is 0.955 bits per heavy atom. The first kappa shape index (κ1) is 14.5. The summed E-state index contributed by atoms with van der Waals surface area (Å²) in [5.41, 5.74) is 3.61. The van der Waals surface area contributed by atoms with Gasteiger partial charge in [0, 0.05) is 24.0 Å². The van der Waals surface area contributed by atoms with E-state index in [-0.39, 0.29) is 5.91 Å². The van der Waals surface area contributed by atoms with Crippen molar-refractivity contribution in [1.82, 2.24) is 15.3 Å². The second kappa shape index (κ2) is 6.54. The van der Waals surface area contributed by atoms with Gasteiger partial charge in [-0.2, -0.15) is 0 Å². The Morgan fingerprint density at radius 2 is 1.64 bits per heavy atom. The van der Waals surface area contributed by atoms with Crippen LogP contribution in [0, 0.1) is 0 Å². The van der Waals surface area contributed by atoms with Crippen molar-refractivity contribution in [3.05, 3.63) is 71.0 Å². The monoisotopic (exact) mass is 311 g/mol. The van der Waals surface area contributed by atoms with Crippen LogP contribution in [0.4, 0.5) is 0 Å². The highest BCUT2D eigenvalue weighted by molar-refractivity contribution is 6.30. The summed E-state index contributed by atoms with van der Waals surface area (Å²) in [6.45, 7) is 0.471. The van der Waals surface area contributed by atoms with E-state index in [0.717, 1.165) is 22.2 Å². The molecule has 0 radical (unpaired) electrons. The largest absolute Gasteiger partial charge is 0.352 e. The van der Waals surface area contributed by atoms with E-state index in [1.807, 2.05) is 30.3 Å². The van der Waals surface area contributed by atoms with Gasteiger partial charge in [-0.05, 0) is 35.4 Å². The highest BCUT2D eigenvalue weighted by Gasteiger charge is 2.04. The molecule has 1 N–H and O–H groups in total. The van der Waals surface area contributed by atoms with Crippen LogP contribution in [0.2, 0.25) is 5.02 Å². The van der Waals surface area contributed by atoms with Gasteiger partial charge < -0.3 is 5.32 Å². The molecule has 110 valence electrons. The number of carbonyl (C=O) groups excluding carboxylic acids is 1. The summed E-state index contributed by atoms with van der Waals surface area (Å²) < 4.78 is 0. The van der Waals surface area contributed by atoms with Crippen molar-refractivity contribution >= 4 is 28.5 Å². The summed E-state index contributed by atoms with van der Waals surface area (Å²) in [6, 6.07) is 13.1. The van der Waals surface area contributed by atoms with Crippen molar-refractivity contribution in [1.29, 1.82) is 0 Å². The van der Waals surface area contributed by atoms with Crippen LogP contribution >= 0.6 is 11.6 Å². The van der Waals surface area contributed by atoms with Gasteiger partial charge in [-0.1, -0.05) is 29.8 Å². The van der Waals surface area contributed by atoms with Gasteiger partial charge in [-0.15, -0.1) is 0 Å². The number of carbonyl (C=O) groups is 1. The first-order chi connectivity index (χ1) is 10.7. The second-order valence-electron chi connectivity index (χ2n) is 4.96. The normalized spacial score (nSPS) is 10.6. The summed E-state index contributed by atoms with van der Waals surface area (Å²) in [5, 5.41) is 3.57. The number of hydrogen-bond acceptors (Lipinski definition) is 3. The molecular formula is C17H14ClN3O. The molecule has 0 aliphatic heterocycles. The van der Waals surface area contributed by atoms with E-state index in [2.05, 4.69) is 15.3 Å². The maximum atomic E-state index is 12.0. The Kier molecular flexibility index (Phi) is 4.30. The Labute approximate surface area is 133 Å². The molecule has 22 heavy (non-hydrogen) atoms. The highest BCUT2D eigenvalue weighted by Crippen LogP contribution is 2.12. The van der Waals surface area contributed by atoms with Crippen molar-refractivity contribution in [2.45, 2.75) is 13.0 Å². The van der Waals surface area contributed by atoms with Crippen LogP contribution in [0.15, 0.2) is 54.9 Å². The van der Waals surface area contributed by atoms with Crippen molar-refractivity contribution in [2.75, 3.05) is 0 Å². The molecule has 0 spiro atoms. The van der Waals surface area contributed by atoms with Crippen molar-refractivity contribution in [3.63, 3.8) is 0 Å². The maximum absolute atomic E-state index is 12.0. The number of fused-ring (bicyclic) bond motifs is 1. The highest BCUT2D eigenvalue weighted by atomic mass is 35.5. The number of benzene rings is 2. The lowest BCUT2D eigenvalue weighted by atomic mass is 10.1.